The van der Waals surface area contributed by atoms with Gasteiger partial charge < -0.3 is 9.84 Å². The van der Waals surface area contributed by atoms with Gasteiger partial charge in [-0.3, -0.25) is 4.55 Å². The van der Waals surface area contributed by atoms with Crippen molar-refractivity contribution in [3.05, 3.63) is 0 Å². The topological polar surface area (TPSA) is 95.9 Å². The zero-order valence-electron chi connectivity index (χ0n) is 7.46. The first-order chi connectivity index (χ1) is 6.46. The van der Waals surface area contributed by atoms with Crippen LogP contribution in [0.15, 0.2) is 0 Å². The SMILES string of the molecule is O=S(=O)(O)NC1[C@@H]2CC(CO2)C[C@@H]1O. The monoisotopic (exact) mass is 223 g/mol. The molecule has 0 spiro atoms. The van der Waals surface area contributed by atoms with Crippen LogP contribution in [0.1, 0.15) is 12.8 Å². The van der Waals surface area contributed by atoms with E-state index in [1.54, 1.807) is 0 Å². The standard InChI is InChI=1S/C7H13NO5S/c9-5-1-4-2-6(13-3-4)7(5)8-14(10,11)12/h4-9H,1-3H2,(H,10,11,12)/t4?,5-,6-,7?/m0/s1. The quantitative estimate of drug-likeness (QED) is 0.517. The van der Waals surface area contributed by atoms with Gasteiger partial charge in [0, 0.05) is 0 Å². The molecule has 1 aliphatic carbocycles. The lowest BCUT2D eigenvalue weighted by atomic mass is 9.85. The van der Waals surface area contributed by atoms with Gasteiger partial charge >= 0.3 is 10.3 Å². The van der Waals surface area contributed by atoms with E-state index in [9.17, 15) is 13.5 Å². The second-order valence-corrected chi connectivity index (χ2v) is 5.08. The summed E-state index contributed by atoms with van der Waals surface area (Å²) in [5.74, 6) is 0.314. The molecule has 6 nitrogen and oxygen atoms in total. The lowest BCUT2D eigenvalue weighted by Gasteiger charge is -2.31. The largest absolute Gasteiger partial charge is 0.391 e. The van der Waals surface area contributed by atoms with E-state index in [0.29, 0.717) is 18.9 Å². The molecule has 0 aromatic carbocycles. The Kier molecular flexibility index (Phi) is 2.52. The number of aliphatic hydroxyl groups excluding tert-OH is 1. The Morgan fingerprint density at radius 3 is 2.71 bits per heavy atom. The van der Waals surface area contributed by atoms with E-state index in [2.05, 4.69) is 0 Å². The Balaban J connectivity index is 2.09. The van der Waals surface area contributed by atoms with E-state index in [-0.39, 0.29) is 6.10 Å². The summed E-state index contributed by atoms with van der Waals surface area (Å²) in [4.78, 5) is 0. The van der Waals surface area contributed by atoms with Gasteiger partial charge in [-0.05, 0) is 18.8 Å². The molecule has 2 rings (SSSR count). The van der Waals surface area contributed by atoms with Crippen LogP contribution in [-0.4, -0.2) is 42.9 Å². The first-order valence-electron chi connectivity index (χ1n) is 4.50. The fourth-order valence-electron chi connectivity index (χ4n) is 2.20. The summed E-state index contributed by atoms with van der Waals surface area (Å²) >= 11 is 0. The molecule has 4 atom stereocenters. The molecule has 2 unspecified atom stereocenters. The van der Waals surface area contributed by atoms with Gasteiger partial charge in [0.15, 0.2) is 0 Å². The summed E-state index contributed by atoms with van der Waals surface area (Å²) in [6, 6.07) is -0.719. The highest BCUT2D eigenvalue weighted by Crippen LogP contribution is 2.33. The van der Waals surface area contributed by atoms with Crippen molar-refractivity contribution >= 4 is 10.3 Å². The average Bonchev–Trinajstić information content (AvgIpc) is 2.41. The van der Waals surface area contributed by atoms with Crippen LogP contribution in [0.25, 0.3) is 0 Å². The minimum absolute atomic E-state index is 0.314. The summed E-state index contributed by atoms with van der Waals surface area (Å²) in [6.07, 6.45) is 0.169. The third kappa shape index (κ3) is 2.06. The molecular formula is C7H13NO5S. The van der Waals surface area contributed by atoms with Crippen molar-refractivity contribution in [2.24, 2.45) is 5.92 Å². The molecule has 1 saturated heterocycles. The molecule has 2 fully saturated rings. The third-order valence-electron chi connectivity index (χ3n) is 2.79. The Morgan fingerprint density at radius 1 is 1.36 bits per heavy atom. The lowest BCUT2D eigenvalue weighted by molar-refractivity contribution is 0.0272. The van der Waals surface area contributed by atoms with E-state index in [0.717, 1.165) is 6.42 Å². The number of fused-ring (bicyclic) bond motifs is 2. The van der Waals surface area contributed by atoms with Crippen molar-refractivity contribution in [3.8, 4) is 0 Å². The second kappa shape index (κ2) is 3.42. The summed E-state index contributed by atoms with van der Waals surface area (Å²) in [7, 11) is -4.27. The molecule has 0 radical (unpaired) electrons. The minimum Gasteiger partial charge on any atom is -0.391 e. The maximum atomic E-state index is 10.6. The molecule has 14 heavy (non-hydrogen) atoms. The van der Waals surface area contributed by atoms with Gasteiger partial charge in [-0.15, -0.1) is 0 Å². The summed E-state index contributed by atoms with van der Waals surface area (Å²) in [6.45, 7) is 0.561. The number of nitrogens with one attached hydrogen (secondary N) is 1. The van der Waals surface area contributed by atoms with E-state index < -0.39 is 22.4 Å². The predicted octanol–water partition coefficient (Wildman–Crippen LogP) is -1.08. The van der Waals surface area contributed by atoms with Crippen LogP contribution in [0.3, 0.4) is 0 Å². The van der Waals surface area contributed by atoms with Gasteiger partial charge in [-0.25, -0.2) is 0 Å². The first kappa shape index (κ1) is 10.3. The molecule has 82 valence electrons. The number of hydrogen-bond donors (Lipinski definition) is 3. The number of aliphatic hydroxyl groups is 1. The molecule has 0 aromatic heterocycles. The van der Waals surface area contributed by atoms with Gasteiger partial charge in [0.2, 0.25) is 0 Å². The molecule has 1 heterocycles. The fourth-order valence-corrected chi connectivity index (χ4v) is 2.85. The molecule has 2 aliphatic rings. The molecule has 2 bridgehead atoms. The van der Waals surface area contributed by atoms with Crippen LogP contribution < -0.4 is 4.72 Å². The lowest BCUT2D eigenvalue weighted by Crippen LogP contribution is -2.52. The normalized spacial score (nSPS) is 42.7. The molecule has 0 amide bonds. The molecule has 3 N–H and O–H groups in total. The highest BCUT2D eigenvalue weighted by molar-refractivity contribution is 7.83. The van der Waals surface area contributed by atoms with E-state index >= 15 is 0 Å². The van der Waals surface area contributed by atoms with Crippen molar-refractivity contribution in [3.63, 3.8) is 0 Å². The van der Waals surface area contributed by atoms with Gasteiger partial charge in [0.25, 0.3) is 0 Å². The fraction of sp³-hybridized carbons (Fsp3) is 1.00. The maximum Gasteiger partial charge on any atom is 0.333 e. The van der Waals surface area contributed by atoms with Crippen molar-refractivity contribution in [2.45, 2.75) is 31.1 Å². The average molecular weight is 223 g/mol. The van der Waals surface area contributed by atoms with E-state index in [1.165, 1.54) is 0 Å². The Morgan fingerprint density at radius 2 is 2.07 bits per heavy atom. The van der Waals surface area contributed by atoms with Crippen molar-refractivity contribution < 1.29 is 22.8 Å². The van der Waals surface area contributed by atoms with E-state index in [1.807, 2.05) is 4.72 Å². The number of hydrogen-bond acceptors (Lipinski definition) is 4. The zero-order chi connectivity index (χ0) is 10.3. The highest BCUT2D eigenvalue weighted by atomic mass is 32.2. The Bertz CT molecular complexity index is 316. The minimum atomic E-state index is -4.27. The van der Waals surface area contributed by atoms with Crippen LogP contribution in [0.4, 0.5) is 0 Å². The Labute approximate surface area is 82.1 Å². The van der Waals surface area contributed by atoms with E-state index in [4.69, 9.17) is 9.29 Å². The molecule has 1 aliphatic heterocycles. The smallest absolute Gasteiger partial charge is 0.333 e. The number of rotatable bonds is 2. The van der Waals surface area contributed by atoms with Gasteiger partial charge in [0.05, 0.1) is 24.9 Å². The van der Waals surface area contributed by atoms with Gasteiger partial charge in [-0.2, -0.15) is 13.1 Å². The van der Waals surface area contributed by atoms with Crippen LogP contribution >= 0.6 is 0 Å². The van der Waals surface area contributed by atoms with Crippen LogP contribution in [-0.2, 0) is 15.0 Å². The summed E-state index contributed by atoms with van der Waals surface area (Å²) in [5, 5.41) is 9.60. The first-order valence-corrected chi connectivity index (χ1v) is 5.94. The summed E-state index contributed by atoms with van der Waals surface area (Å²) < 4.78 is 37.1. The Hall–Kier alpha value is -0.210. The number of ether oxygens (including phenoxy) is 1. The van der Waals surface area contributed by atoms with Crippen LogP contribution in [0.2, 0.25) is 0 Å². The third-order valence-corrected chi connectivity index (χ3v) is 3.36. The highest BCUT2D eigenvalue weighted by Gasteiger charge is 2.43. The molecule has 1 saturated carbocycles. The molecule has 0 aromatic rings. The van der Waals surface area contributed by atoms with Crippen molar-refractivity contribution in [1.82, 2.24) is 4.72 Å². The van der Waals surface area contributed by atoms with Crippen LogP contribution in [0, 0.1) is 5.92 Å². The van der Waals surface area contributed by atoms with Gasteiger partial charge in [0.1, 0.15) is 0 Å². The molecule has 7 heteroatoms. The maximum absolute atomic E-state index is 10.6. The predicted molar refractivity (Wildman–Crippen MR) is 46.9 cm³/mol. The second-order valence-electron chi connectivity index (χ2n) is 3.90. The van der Waals surface area contributed by atoms with Crippen molar-refractivity contribution in [2.75, 3.05) is 6.61 Å². The van der Waals surface area contributed by atoms with Crippen molar-refractivity contribution in [1.29, 1.82) is 0 Å². The van der Waals surface area contributed by atoms with Crippen LogP contribution in [0.5, 0.6) is 0 Å². The molecular weight excluding hydrogens is 210 g/mol. The zero-order valence-corrected chi connectivity index (χ0v) is 8.27. The van der Waals surface area contributed by atoms with Gasteiger partial charge in [-0.1, -0.05) is 0 Å². The summed E-state index contributed by atoms with van der Waals surface area (Å²) in [5.41, 5.74) is 0.